The van der Waals surface area contributed by atoms with E-state index < -0.39 is 6.10 Å². The van der Waals surface area contributed by atoms with Crippen LogP contribution in [0.1, 0.15) is 220 Å². The van der Waals surface area contributed by atoms with Gasteiger partial charge >= 0.3 is 17.9 Å². The molecule has 50 heavy (non-hydrogen) atoms. The van der Waals surface area contributed by atoms with Gasteiger partial charge in [-0.05, 0) is 51.4 Å². The van der Waals surface area contributed by atoms with Gasteiger partial charge in [-0.1, -0.05) is 173 Å². The molecule has 0 rings (SSSR count). The Morgan fingerprint density at radius 1 is 0.400 bits per heavy atom. The van der Waals surface area contributed by atoms with Crippen molar-refractivity contribution < 1.29 is 28.6 Å². The molecular weight excluding hydrogens is 624 g/mol. The molecule has 0 amide bonds. The molecule has 0 aliphatic carbocycles. The van der Waals surface area contributed by atoms with E-state index >= 15 is 0 Å². The predicted molar refractivity (Wildman–Crippen MR) is 210 cm³/mol. The summed E-state index contributed by atoms with van der Waals surface area (Å²) in [5.41, 5.74) is 0. The Hall–Kier alpha value is -2.11. The minimum Gasteiger partial charge on any atom is -0.462 e. The highest BCUT2D eigenvalue weighted by atomic mass is 16.6. The molecule has 6 heteroatoms. The van der Waals surface area contributed by atoms with Gasteiger partial charge in [-0.25, -0.2) is 0 Å². The molecule has 1 unspecified atom stereocenters. The predicted octanol–water partition coefficient (Wildman–Crippen LogP) is 13.2. The molecule has 0 bridgehead atoms. The van der Waals surface area contributed by atoms with Crippen molar-refractivity contribution in [3.05, 3.63) is 24.3 Å². The number of allylic oxidation sites excluding steroid dienone is 4. The molecule has 0 aromatic rings. The van der Waals surface area contributed by atoms with Crippen LogP contribution in [-0.4, -0.2) is 37.2 Å². The van der Waals surface area contributed by atoms with Gasteiger partial charge in [0.2, 0.25) is 0 Å². The number of ether oxygens (including phenoxy) is 3. The number of hydrogen-bond donors (Lipinski definition) is 0. The number of esters is 3. The van der Waals surface area contributed by atoms with Crippen molar-refractivity contribution in [1.29, 1.82) is 0 Å². The molecule has 0 radical (unpaired) electrons. The summed E-state index contributed by atoms with van der Waals surface area (Å²) in [7, 11) is 0. The second kappa shape index (κ2) is 39.7. The Labute approximate surface area is 309 Å². The lowest BCUT2D eigenvalue weighted by atomic mass is 10.1. The number of rotatable bonds is 38. The van der Waals surface area contributed by atoms with Crippen molar-refractivity contribution in [2.45, 2.75) is 226 Å². The van der Waals surface area contributed by atoms with Gasteiger partial charge in [-0.15, -0.1) is 0 Å². The molecular formula is C44H80O6. The summed E-state index contributed by atoms with van der Waals surface area (Å²) in [5.74, 6) is -0.894. The van der Waals surface area contributed by atoms with Crippen LogP contribution >= 0.6 is 0 Å². The first kappa shape index (κ1) is 47.9. The van der Waals surface area contributed by atoms with Crippen LogP contribution in [0.5, 0.6) is 0 Å². The Morgan fingerprint density at radius 3 is 1.14 bits per heavy atom. The maximum absolute atomic E-state index is 12.6. The van der Waals surface area contributed by atoms with E-state index in [1.54, 1.807) is 0 Å². The third kappa shape index (κ3) is 37.2. The van der Waals surface area contributed by atoms with Crippen LogP contribution in [0, 0.1) is 0 Å². The summed E-state index contributed by atoms with van der Waals surface area (Å²) in [5, 5.41) is 0. The van der Waals surface area contributed by atoms with E-state index in [0.717, 1.165) is 77.0 Å². The molecule has 0 saturated carbocycles. The zero-order valence-electron chi connectivity index (χ0n) is 33.2. The Morgan fingerprint density at radius 2 is 0.720 bits per heavy atom. The fourth-order valence-corrected chi connectivity index (χ4v) is 5.94. The molecule has 0 N–H and O–H groups in total. The van der Waals surface area contributed by atoms with Crippen molar-refractivity contribution in [3.63, 3.8) is 0 Å². The fraction of sp³-hybridized carbons (Fsp3) is 0.841. The second-order valence-corrected chi connectivity index (χ2v) is 14.3. The molecule has 0 spiro atoms. The number of unbranched alkanes of at least 4 members (excludes halogenated alkanes) is 23. The van der Waals surface area contributed by atoms with Crippen LogP contribution in [-0.2, 0) is 28.6 Å². The molecule has 0 heterocycles. The Kier molecular flexibility index (Phi) is 38.0. The first-order valence-corrected chi connectivity index (χ1v) is 21.3. The van der Waals surface area contributed by atoms with Crippen LogP contribution in [0.2, 0.25) is 0 Å². The highest BCUT2D eigenvalue weighted by Crippen LogP contribution is 2.14. The van der Waals surface area contributed by atoms with E-state index in [1.807, 2.05) is 0 Å². The smallest absolute Gasteiger partial charge is 0.306 e. The average molecular weight is 705 g/mol. The first-order chi connectivity index (χ1) is 24.5. The van der Waals surface area contributed by atoms with E-state index in [9.17, 15) is 14.4 Å². The highest BCUT2D eigenvalue weighted by Gasteiger charge is 2.19. The van der Waals surface area contributed by atoms with Crippen LogP contribution < -0.4 is 0 Å². The average Bonchev–Trinajstić information content (AvgIpc) is 3.11. The number of carbonyl (C=O) groups excluding carboxylic acids is 3. The maximum atomic E-state index is 12.6. The van der Waals surface area contributed by atoms with Gasteiger partial charge in [0.05, 0.1) is 0 Å². The van der Waals surface area contributed by atoms with Gasteiger partial charge in [-0.3, -0.25) is 14.4 Å². The van der Waals surface area contributed by atoms with Gasteiger partial charge in [0, 0.05) is 19.3 Å². The van der Waals surface area contributed by atoms with Crippen LogP contribution in [0.15, 0.2) is 24.3 Å². The molecule has 0 aromatic carbocycles. The summed E-state index contributed by atoms with van der Waals surface area (Å²) >= 11 is 0. The van der Waals surface area contributed by atoms with Gasteiger partial charge < -0.3 is 14.2 Å². The van der Waals surface area contributed by atoms with Crippen LogP contribution in [0.25, 0.3) is 0 Å². The third-order valence-electron chi connectivity index (χ3n) is 9.21. The summed E-state index contributed by atoms with van der Waals surface area (Å²) in [6.45, 7) is 6.53. The van der Waals surface area contributed by atoms with Crippen LogP contribution in [0.3, 0.4) is 0 Å². The lowest BCUT2D eigenvalue weighted by Crippen LogP contribution is -2.30. The summed E-state index contributed by atoms with van der Waals surface area (Å²) < 4.78 is 16.6. The molecule has 0 aliphatic heterocycles. The minimum atomic E-state index is -0.767. The highest BCUT2D eigenvalue weighted by molar-refractivity contribution is 5.71. The molecule has 0 aliphatic rings. The van der Waals surface area contributed by atoms with E-state index in [2.05, 4.69) is 45.1 Å². The van der Waals surface area contributed by atoms with Gasteiger partial charge in [0.25, 0.3) is 0 Å². The van der Waals surface area contributed by atoms with Gasteiger partial charge in [-0.2, -0.15) is 0 Å². The lowest BCUT2D eigenvalue weighted by molar-refractivity contribution is -0.167. The van der Waals surface area contributed by atoms with E-state index in [4.69, 9.17) is 14.2 Å². The molecule has 0 aromatic heterocycles. The van der Waals surface area contributed by atoms with E-state index in [0.29, 0.717) is 19.3 Å². The monoisotopic (exact) mass is 705 g/mol. The van der Waals surface area contributed by atoms with Crippen molar-refractivity contribution in [1.82, 2.24) is 0 Å². The minimum absolute atomic E-state index is 0.0733. The van der Waals surface area contributed by atoms with E-state index in [-0.39, 0.29) is 31.1 Å². The third-order valence-corrected chi connectivity index (χ3v) is 9.21. The van der Waals surface area contributed by atoms with Crippen molar-refractivity contribution >= 4 is 17.9 Å². The normalized spacial score (nSPS) is 12.1. The largest absolute Gasteiger partial charge is 0.462 e. The van der Waals surface area contributed by atoms with Crippen molar-refractivity contribution in [2.24, 2.45) is 0 Å². The lowest BCUT2D eigenvalue weighted by Gasteiger charge is -2.18. The standard InChI is InChI=1S/C44H80O6/c1-4-7-10-13-16-18-20-21-22-23-24-26-28-31-34-37-43(46)49-40-41(39-48-42(45)36-33-30-27-15-12-9-6-3)50-44(47)38-35-32-29-25-19-17-14-11-8-5-2/h16,18,21-22,41H,4-15,17,19-20,23-40H2,1-3H3/b18-16-,22-21-. The maximum Gasteiger partial charge on any atom is 0.306 e. The van der Waals surface area contributed by atoms with Gasteiger partial charge in [0.15, 0.2) is 6.10 Å². The molecule has 0 saturated heterocycles. The summed E-state index contributed by atoms with van der Waals surface area (Å²) in [6.07, 6.45) is 41.7. The topological polar surface area (TPSA) is 78.9 Å². The molecule has 292 valence electrons. The van der Waals surface area contributed by atoms with Crippen molar-refractivity contribution in [3.8, 4) is 0 Å². The molecule has 6 nitrogen and oxygen atoms in total. The molecule has 0 fully saturated rings. The fourth-order valence-electron chi connectivity index (χ4n) is 5.94. The first-order valence-electron chi connectivity index (χ1n) is 21.3. The Balaban J connectivity index is 4.31. The van der Waals surface area contributed by atoms with Crippen molar-refractivity contribution in [2.75, 3.05) is 13.2 Å². The zero-order chi connectivity index (χ0) is 36.6. The second-order valence-electron chi connectivity index (χ2n) is 14.3. The number of hydrogen-bond acceptors (Lipinski definition) is 6. The van der Waals surface area contributed by atoms with Crippen LogP contribution in [0.4, 0.5) is 0 Å². The summed E-state index contributed by atoms with van der Waals surface area (Å²) in [4.78, 5) is 37.4. The molecule has 1 atom stereocenters. The SMILES string of the molecule is CCCCC/C=C\C/C=C\CCCCCCCC(=O)OCC(COC(=O)CCCCCCCCC)OC(=O)CCCCCCCCCCCC. The van der Waals surface area contributed by atoms with E-state index in [1.165, 1.54) is 103 Å². The Bertz CT molecular complexity index is 819. The van der Waals surface area contributed by atoms with Gasteiger partial charge in [0.1, 0.15) is 13.2 Å². The number of carbonyl (C=O) groups is 3. The zero-order valence-corrected chi connectivity index (χ0v) is 33.2. The summed E-state index contributed by atoms with van der Waals surface area (Å²) in [6, 6.07) is 0. The quantitative estimate of drug-likeness (QED) is 0.0275.